The first-order valence-corrected chi connectivity index (χ1v) is 10.2. The number of benzene rings is 1. The van der Waals surface area contributed by atoms with E-state index < -0.39 is 10.8 Å². The molecule has 2 heterocycles. The summed E-state index contributed by atoms with van der Waals surface area (Å²) in [5.74, 6) is 0.210. The molecule has 10 heteroatoms. The first kappa shape index (κ1) is 21.8. The van der Waals surface area contributed by atoms with E-state index in [4.69, 9.17) is 9.47 Å². The fourth-order valence-electron chi connectivity index (χ4n) is 3.84. The second kappa shape index (κ2) is 9.75. The maximum Gasteiger partial charge on any atom is 0.286 e. The minimum Gasteiger partial charge on any atom is -0.493 e. The van der Waals surface area contributed by atoms with E-state index in [9.17, 15) is 19.7 Å². The summed E-state index contributed by atoms with van der Waals surface area (Å²) in [6.45, 7) is 5.97. The Balaban J connectivity index is 1.68. The van der Waals surface area contributed by atoms with Crippen LogP contribution in [0.2, 0.25) is 0 Å². The van der Waals surface area contributed by atoms with Crippen molar-refractivity contribution >= 4 is 17.5 Å². The Bertz CT molecular complexity index is 801. The number of amides is 2. The molecule has 0 spiro atoms. The van der Waals surface area contributed by atoms with Crippen molar-refractivity contribution in [3.05, 3.63) is 27.8 Å². The molecule has 0 N–H and O–H groups in total. The number of nitro benzene ring substituents is 1. The number of likely N-dealkylation sites (tertiary alicyclic amines) is 1. The van der Waals surface area contributed by atoms with Crippen LogP contribution in [0, 0.1) is 10.1 Å². The molecule has 1 aromatic rings. The molecule has 0 saturated carbocycles. The summed E-state index contributed by atoms with van der Waals surface area (Å²) in [6, 6.07) is 2.61. The van der Waals surface area contributed by atoms with Gasteiger partial charge in [0.25, 0.3) is 11.6 Å². The van der Waals surface area contributed by atoms with Gasteiger partial charge < -0.3 is 19.3 Å². The van der Waals surface area contributed by atoms with Crippen molar-refractivity contribution in [2.24, 2.45) is 0 Å². The Kier molecular flexibility index (Phi) is 7.09. The van der Waals surface area contributed by atoms with Crippen LogP contribution in [0.25, 0.3) is 0 Å². The van der Waals surface area contributed by atoms with Crippen LogP contribution in [-0.4, -0.2) is 91.0 Å². The van der Waals surface area contributed by atoms with Gasteiger partial charge in [0, 0.05) is 45.3 Å². The molecule has 0 radical (unpaired) electrons. The van der Waals surface area contributed by atoms with Gasteiger partial charge in [0.1, 0.15) is 5.56 Å². The minimum absolute atomic E-state index is 0.0260. The van der Waals surface area contributed by atoms with Crippen LogP contribution in [0.4, 0.5) is 5.69 Å². The van der Waals surface area contributed by atoms with Gasteiger partial charge in [-0.05, 0) is 19.8 Å². The molecule has 2 aliphatic heterocycles. The van der Waals surface area contributed by atoms with Gasteiger partial charge in [-0.15, -0.1) is 0 Å². The second-order valence-electron chi connectivity index (χ2n) is 7.37. The number of rotatable bonds is 7. The van der Waals surface area contributed by atoms with E-state index in [-0.39, 0.29) is 28.7 Å². The largest absolute Gasteiger partial charge is 0.493 e. The van der Waals surface area contributed by atoms with Crippen molar-refractivity contribution in [3.63, 3.8) is 0 Å². The fourth-order valence-corrected chi connectivity index (χ4v) is 3.84. The summed E-state index contributed by atoms with van der Waals surface area (Å²) >= 11 is 0. The molecule has 1 aromatic carbocycles. The summed E-state index contributed by atoms with van der Waals surface area (Å²) in [7, 11) is 1.42. The highest BCUT2D eigenvalue weighted by atomic mass is 16.6. The van der Waals surface area contributed by atoms with Gasteiger partial charge in [0.15, 0.2) is 11.5 Å². The smallest absolute Gasteiger partial charge is 0.286 e. The van der Waals surface area contributed by atoms with Gasteiger partial charge in [-0.2, -0.15) is 0 Å². The number of hydrogen-bond donors (Lipinski definition) is 0. The minimum atomic E-state index is -0.583. The van der Waals surface area contributed by atoms with E-state index in [0.717, 1.165) is 25.9 Å². The van der Waals surface area contributed by atoms with Gasteiger partial charge in [-0.25, -0.2) is 0 Å². The first-order valence-electron chi connectivity index (χ1n) is 10.2. The van der Waals surface area contributed by atoms with Crippen LogP contribution in [-0.2, 0) is 4.79 Å². The van der Waals surface area contributed by atoms with Crippen LogP contribution < -0.4 is 9.47 Å². The number of piperazine rings is 1. The highest BCUT2D eigenvalue weighted by Gasteiger charge is 2.31. The molecular formula is C20H28N4O6. The SMILES string of the molecule is CCOc1cc([N+](=O)[O-])c(C(=O)N2CCN(CC(=O)N3CCCC3)CC2)cc1OC. The molecule has 0 aliphatic carbocycles. The Labute approximate surface area is 175 Å². The Morgan fingerprint density at radius 2 is 1.70 bits per heavy atom. The lowest BCUT2D eigenvalue weighted by Crippen LogP contribution is -2.51. The third kappa shape index (κ3) is 4.81. The van der Waals surface area contributed by atoms with E-state index in [1.807, 2.05) is 9.80 Å². The van der Waals surface area contributed by atoms with Crippen LogP contribution in [0.1, 0.15) is 30.1 Å². The zero-order valence-corrected chi connectivity index (χ0v) is 17.5. The standard InChI is InChI=1S/C20H28N4O6/c1-3-30-18-13-16(24(27)28)15(12-17(18)29-2)20(26)23-10-8-21(9-11-23)14-19(25)22-6-4-5-7-22/h12-13H,3-11,14H2,1-2H3. The summed E-state index contributed by atoms with van der Waals surface area (Å²) in [4.78, 5) is 41.8. The van der Waals surface area contributed by atoms with Gasteiger partial charge in [0.2, 0.25) is 5.91 Å². The van der Waals surface area contributed by atoms with Crippen molar-refractivity contribution in [1.82, 2.24) is 14.7 Å². The van der Waals surface area contributed by atoms with E-state index in [2.05, 4.69) is 0 Å². The Morgan fingerprint density at radius 1 is 1.03 bits per heavy atom. The number of nitro groups is 1. The fraction of sp³-hybridized carbons (Fsp3) is 0.600. The molecule has 2 aliphatic rings. The Hall–Kier alpha value is -2.88. The average Bonchev–Trinajstić information content (AvgIpc) is 3.29. The number of carbonyl (C=O) groups excluding carboxylic acids is 2. The molecule has 0 atom stereocenters. The number of methoxy groups -OCH3 is 1. The normalized spacial score (nSPS) is 17.1. The predicted octanol–water partition coefficient (Wildman–Crippen LogP) is 1.38. The molecule has 2 saturated heterocycles. The van der Waals surface area contributed by atoms with E-state index in [1.54, 1.807) is 11.8 Å². The zero-order chi connectivity index (χ0) is 21.7. The van der Waals surface area contributed by atoms with Crippen molar-refractivity contribution in [2.45, 2.75) is 19.8 Å². The summed E-state index contributed by atoms with van der Waals surface area (Å²) in [5.41, 5.74) is -0.335. The zero-order valence-electron chi connectivity index (χ0n) is 17.5. The van der Waals surface area contributed by atoms with Gasteiger partial charge in [-0.1, -0.05) is 0 Å². The molecule has 3 rings (SSSR count). The molecule has 2 fully saturated rings. The molecule has 2 amide bonds. The highest BCUT2D eigenvalue weighted by molar-refractivity contribution is 5.99. The topological polar surface area (TPSA) is 105 Å². The number of nitrogens with zero attached hydrogens (tertiary/aromatic N) is 4. The van der Waals surface area contributed by atoms with Crippen molar-refractivity contribution in [1.29, 1.82) is 0 Å². The summed E-state index contributed by atoms with van der Waals surface area (Å²) in [6.07, 6.45) is 2.11. The molecule has 10 nitrogen and oxygen atoms in total. The predicted molar refractivity (Wildman–Crippen MR) is 109 cm³/mol. The first-order chi connectivity index (χ1) is 14.4. The molecular weight excluding hydrogens is 392 g/mol. The van der Waals surface area contributed by atoms with E-state index in [1.165, 1.54) is 19.2 Å². The summed E-state index contributed by atoms with van der Waals surface area (Å²) in [5, 5.41) is 11.6. The van der Waals surface area contributed by atoms with Crippen LogP contribution in [0.15, 0.2) is 12.1 Å². The van der Waals surface area contributed by atoms with Crippen molar-refractivity contribution in [3.8, 4) is 11.5 Å². The number of carbonyl (C=O) groups is 2. The molecule has 30 heavy (non-hydrogen) atoms. The van der Waals surface area contributed by atoms with Gasteiger partial charge >= 0.3 is 0 Å². The maximum absolute atomic E-state index is 13.0. The lowest BCUT2D eigenvalue weighted by molar-refractivity contribution is -0.385. The van der Waals surface area contributed by atoms with E-state index >= 15 is 0 Å². The monoisotopic (exact) mass is 420 g/mol. The van der Waals surface area contributed by atoms with Gasteiger partial charge in [0.05, 0.1) is 31.3 Å². The van der Waals surface area contributed by atoms with Crippen LogP contribution >= 0.6 is 0 Å². The lowest BCUT2D eigenvalue weighted by Gasteiger charge is -2.35. The number of hydrogen-bond acceptors (Lipinski definition) is 7. The van der Waals surface area contributed by atoms with E-state index in [0.29, 0.717) is 39.3 Å². The molecule has 0 aromatic heterocycles. The molecule has 164 valence electrons. The van der Waals surface area contributed by atoms with Crippen LogP contribution in [0.3, 0.4) is 0 Å². The molecule has 0 bridgehead atoms. The average molecular weight is 420 g/mol. The highest BCUT2D eigenvalue weighted by Crippen LogP contribution is 2.35. The van der Waals surface area contributed by atoms with Crippen molar-refractivity contribution in [2.75, 3.05) is 59.5 Å². The third-order valence-electron chi connectivity index (χ3n) is 5.49. The lowest BCUT2D eigenvalue weighted by atomic mass is 10.1. The quantitative estimate of drug-likeness (QED) is 0.485. The Morgan fingerprint density at radius 3 is 2.27 bits per heavy atom. The van der Waals surface area contributed by atoms with Crippen LogP contribution in [0.5, 0.6) is 11.5 Å². The number of ether oxygens (including phenoxy) is 2. The maximum atomic E-state index is 13.0. The third-order valence-corrected chi connectivity index (χ3v) is 5.49. The second-order valence-corrected chi connectivity index (χ2v) is 7.37. The summed E-state index contributed by atoms with van der Waals surface area (Å²) < 4.78 is 10.6. The van der Waals surface area contributed by atoms with Crippen molar-refractivity contribution < 1.29 is 24.0 Å². The van der Waals surface area contributed by atoms with Gasteiger partial charge in [-0.3, -0.25) is 24.6 Å². The molecule has 0 unspecified atom stereocenters.